The molecule has 0 fully saturated rings. The number of thioether (sulfide) groups is 2. The van der Waals surface area contributed by atoms with Gasteiger partial charge in [-0.05, 0) is 42.9 Å². The van der Waals surface area contributed by atoms with E-state index in [0.29, 0.717) is 0 Å². The lowest BCUT2D eigenvalue weighted by Gasteiger charge is -2.09. The highest BCUT2D eigenvalue weighted by Gasteiger charge is 2.29. The average molecular weight is 687 g/mol. The number of aliphatic carboxylic acids is 2. The van der Waals surface area contributed by atoms with Gasteiger partial charge in [0.2, 0.25) is 11.0 Å². The van der Waals surface area contributed by atoms with E-state index >= 15 is 0 Å². The molecule has 248 valence electrons. The Labute approximate surface area is 270 Å². The van der Waals surface area contributed by atoms with Crippen molar-refractivity contribution in [1.82, 2.24) is 0 Å². The van der Waals surface area contributed by atoms with Crippen molar-refractivity contribution in [2.75, 3.05) is 11.5 Å². The molecule has 4 aromatic rings. The third kappa shape index (κ3) is 11.4. The number of aryl methyl sites for hydroxylation is 2. The van der Waals surface area contributed by atoms with Crippen molar-refractivity contribution in [3.8, 4) is 0 Å². The van der Waals surface area contributed by atoms with E-state index in [-0.39, 0.29) is 0 Å². The van der Waals surface area contributed by atoms with E-state index in [9.17, 15) is 26.3 Å². The van der Waals surface area contributed by atoms with Crippen molar-refractivity contribution in [2.24, 2.45) is 0 Å². The highest BCUT2D eigenvalue weighted by Crippen LogP contribution is 2.29. The summed E-state index contributed by atoms with van der Waals surface area (Å²) in [5.41, 5.74) is 2.75. The molecule has 0 saturated carbocycles. The summed E-state index contributed by atoms with van der Waals surface area (Å²) < 4.78 is 68.0. The van der Waals surface area contributed by atoms with Crippen molar-refractivity contribution >= 4 is 57.3 Å². The van der Waals surface area contributed by atoms with Crippen LogP contribution in [0.25, 0.3) is 21.8 Å². The first-order valence-electron chi connectivity index (χ1n) is 14.4. The number of para-hydroxylation sites is 2. The fourth-order valence-electron chi connectivity index (χ4n) is 4.65. The molecule has 0 spiro atoms. The van der Waals surface area contributed by atoms with Crippen LogP contribution in [0.5, 0.6) is 0 Å². The highest BCUT2D eigenvalue weighted by molar-refractivity contribution is 7.99. The Bertz CT molecular complexity index is 1500. The Balaban J connectivity index is 0.000000345. The van der Waals surface area contributed by atoms with Crippen LogP contribution < -0.4 is 19.3 Å². The summed E-state index contributed by atoms with van der Waals surface area (Å²) in [7, 11) is 0. The minimum absolute atomic E-state index is 1.09. The Hall–Kier alpha value is -3.52. The van der Waals surface area contributed by atoms with E-state index in [2.05, 4.69) is 82.2 Å². The number of nitrogens with zero attached hydrogens (tertiary/aromatic N) is 2. The van der Waals surface area contributed by atoms with Gasteiger partial charge in [0, 0.05) is 46.9 Å². The SMILES string of the molecule is O=C([O-])C(F)(F)F.O=C([O-])C(F)(F)F.c1ccc2c(c1)c1cc[n+]2CCCCC[n+]2ccc(c3ccccc32)SCCCCCS1. The molecule has 2 aromatic heterocycles. The molecule has 0 saturated heterocycles. The number of rotatable bonds is 0. The molecule has 2 aliphatic heterocycles. The largest absolute Gasteiger partial charge is 0.542 e. The molecule has 0 radical (unpaired) electrons. The highest BCUT2D eigenvalue weighted by atomic mass is 32.2. The number of carbonyl (C=O) groups excluding carboxylic acids is 2. The first-order valence-corrected chi connectivity index (χ1v) is 16.4. The maximum atomic E-state index is 10.5. The number of fused-ring (bicyclic) bond motifs is 12. The zero-order chi connectivity index (χ0) is 33.7. The van der Waals surface area contributed by atoms with Crippen LogP contribution in [0.2, 0.25) is 0 Å². The van der Waals surface area contributed by atoms with E-state index in [0.717, 1.165) is 13.1 Å². The molecule has 4 heterocycles. The van der Waals surface area contributed by atoms with Crippen LogP contribution >= 0.6 is 23.5 Å². The monoisotopic (exact) mass is 686 g/mol. The molecule has 0 aliphatic carbocycles. The van der Waals surface area contributed by atoms with Gasteiger partial charge in [-0.2, -0.15) is 35.5 Å². The number of carboxylic acid groups (broad SMARTS) is 2. The zero-order valence-corrected chi connectivity index (χ0v) is 26.2. The Morgan fingerprint density at radius 2 is 0.913 bits per heavy atom. The number of pyridine rings is 2. The van der Waals surface area contributed by atoms with Gasteiger partial charge >= 0.3 is 12.4 Å². The fraction of sp³-hybridized carbons (Fsp3) is 0.375. The molecule has 14 heteroatoms. The number of carbonyl (C=O) groups is 2. The quantitative estimate of drug-likeness (QED) is 0.182. The minimum atomic E-state index is -5.19. The molecular formula is C32H32F6N2O4S2. The van der Waals surface area contributed by atoms with Gasteiger partial charge in [0.1, 0.15) is 25.0 Å². The van der Waals surface area contributed by atoms with Crippen molar-refractivity contribution in [3.63, 3.8) is 0 Å². The lowest BCUT2D eigenvalue weighted by Crippen LogP contribution is -2.37. The summed E-state index contributed by atoms with van der Waals surface area (Å²) in [5.74, 6) is -3.61. The third-order valence-electron chi connectivity index (χ3n) is 6.83. The van der Waals surface area contributed by atoms with Gasteiger partial charge in [-0.1, -0.05) is 30.7 Å². The fourth-order valence-corrected chi connectivity index (χ4v) is 6.76. The Morgan fingerprint density at radius 3 is 1.28 bits per heavy atom. The summed E-state index contributed by atoms with van der Waals surface area (Å²) in [4.78, 5) is 20.4. The normalized spacial score (nSPS) is 14.9. The molecule has 0 amide bonds. The lowest BCUT2D eigenvalue weighted by molar-refractivity contribution is -0.675. The Kier molecular flexibility index (Phi) is 14.0. The topological polar surface area (TPSA) is 88.0 Å². The molecule has 6 nitrogen and oxygen atoms in total. The molecule has 2 aromatic carbocycles. The molecule has 0 atom stereocenters. The van der Waals surface area contributed by atoms with Gasteiger partial charge in [0.15, 0.2) is 12.4 Å². The summed E-state index contributed by atoms with van der Waals surface area (Å²) in [6.45, 7) is 2.18. The number of alkyl halides is 6. The van der Waals surface area contributed by atoms with Crippen LogP contribution in [0.1, 0.15) is 38.5 Å². The standard InChI is InChI=1S/C28H32N2S2.2C2HF3O2/c1-7-17-29-19-15-27(23-11-3-5-13-25(23)29)31-21-9-2-10-22-32-28-16-20-30(18-8-1)26-14-6-4-12-24(26)28;2*3-2(4,5)1(6)7/h3-6,11-16,19-20H,1-2,7-10,17-18,21-22H2;2*(H,6,7)/q+2;;/p-2. The zero-order valence-electron chi connectivity index (χ0n) is 24.6. The summed E-state index contributed by atoms with van der Waals surface area (Å²) in [5, 5.41) is 20.4. The smallest absolute Gasteiger partial charge is 0.430 e. The van der Waals surface area contributed by atoms with Crippen molar-refractivity contribution in [3.05, 3.63) is 73.1 Å². The number of benzene rings is 2. The number of halogens is 6. The number of hydrogen-bond donors (Lipinski definition) is 0. The van der Waals surface area contributed by atoms with Gasteiger partial charge < -0.3 is 19.8 Å². The van der Waals surface area contributed by atoms with E-state index in [1.165, 1.54) is 81.6 Å². The second-order valence-electron chi connectivity index (χ2n) is 10.2. The van der Waals surface area contributed by atoms with Crippen LogP contribution in [0.15, 0.2) is 82.8 Å². The molecule has 2 aliphatic rings. The predicted octanol–water partition coefficient (Wildman–Crippen LogP) is 5.40. The molecule has 0 unspecified atom stereocenters. The molecule has 6 rings (SSSR count). The minimum Gasteiger partial charge on any atom is -0.542 e. The summed E-state index contributed by atoms with van der Waals surface area (Å²) in [6.07, 6.45) is 1.77. The first kappa shape index (κ1) is 36.9. The van der Waals surface area contributed by atoms with Crippen molar-refractivity contribution in [2.45, 2.75) is 73.8 Å². The summed E-state index contributed by atoms with van der Waals surface area (Å²) in [6, 6.07) is 22.5. The van der Waals surface area contributed by atoms with E-state index in [1.807, 2.05) is 23.5 Å². The lowest BCUT2D eigenvalue weighted by atomic mass is 10.2. The van der Waals surface area contributed by atoms with Crippen LogP contribution in [0.3, 0.4) is 0 Å². The van der Waals surface area contributed by atoms with E-state index < -0.39 is 24.3 Å². The van der Waals surface area contributed by atoms with Crippen LogP contribution in [-0.2, 0) is 22.7 Å². The van der Waals surface area contributed by atoms with Gasteiger partial charge in [0.05, 0.1) is 10.8 Å². The van der Waals surface area contributed by atoms with Crippen molar-refractivity contribution in [1.29, 1.82) is 0 Å². The first-order chi connectivity index (χ1) is 21.8. The van der Waals surface area contributed by atoms with Crippen molar-refractivity contribution < 1.29 is 55.3 Å². The Morgan fingerprint density at radius 1 is 0.565 bits per heavy atom. The molecule has 46 heavy (non-hydrogen) atoms. The van der Waals surface area contributed by atoms with Gasteiger partial charge in [0.25, 0.3) is 0 Å². The van der Waals surface area contributed by atoms with Gasteiger partial charge in [-0.25, -0.2) is 0 Å². The van der Waals surface area contributed by atoms with E-state index in [4.69, 9.17) is 19.8 Å². The molecule has 0 N–H and O–H groups in total. The maximum absolute atomic E-state index is 10.5. The van der Waals surface area contributed by atoms with E-state index in [1.54, 1.807) is 0 Å². The third-order valence-corrected chi connectivity index (χ3v) is 9.15. The number of hydrogen-bond acceptors (Lipinski definition) is 6. The second kappa shape index (κ2) is 17.4. The van der Waals surface area contributed by atoms with Gasteiger partial charge in [-0.15, -0.1) is 23.5 Å². The van der Waals surface area contributed by atoms with Crippen LogP contribution in [0.4, 0.5) is 26.3 Å². The van der Waals surface area contributed by atoms with Crippen LogP contribution in [-0.4, -0.2) is 35.8 Å². The summed E-state index contributed by atoms with van der Waals surface area (Å²) >= 11 is 4.06. The maximum Gasteiger partial charge on any atom is 0.430 e. The molecule has 4 bridgehead atoms. The predicted molar refractivity (Wildman–Crippen MR) is 160 cm³/mol. The average Bonchev–Trinajstić information content (AvgIpc) is 3.01. The van der Waals surface area contributed by atoms with Gasteiger partial charge in [-0.3, -0.25) is 0 Å². The number of carboxylic acids is 2. The second-order valence-corrected chi connectivity index (χ2v) is 12.4. The van der Waals surface area contributed by atoms with Crippen LogP contribution in [0, 0.1) is 0 Å². The number of aromatic nitrogens is 2. The molecular weight excluding hydrogens is 654 g/mol.